The molecule has 0 fully saturated rings. The third-order valence-corrected chi connectivity index (χ3v) is 6.15. The standard InChI is InChI=1S/C22H20ClFN2O5S/c1-30-20-5-3-2-4-19(20)26-32(28,29)21-14-15(6-11-18(21)23)22(27)25-12-13-31-17-9-7-16(24)8-10-17/h2-11,14,26H,12-13H2,1H3,(H,25,27). The second-order valence-corrected chi connectivity index (χ2v) is 8.57. The van der Waals surface area contributed by atoms with Gasteiger partial charge in [-0.3, -0.25) is 9.52 Å². The van der Waals surface area contributed by atoms with E-state index in [0.717, 1.165) is 0 Å². The van der Waals surface area contributed by atoms with E-state index in [0.29, 0.717) is 11.5 Å². The summed E-state index contributed by atoms with van der Waals surface area (Å²) < 4.78 is 51.6. The lowest BCUT2D eigenvalue weighted by Gasteiger charge is -2.13. The zero-order valence-electron chi connectivity index (χ0n) is 17.0. The Morgan fingerprint density at radius 2 is 1.78 bits per heavy atom. The van der Waals surface area contributed by atoms with Gasteiger partial charge in [0.15, 0.2) is 0 Å². The van der Waals surface area contributed by atoms with E-state index in [9.17, 15) is 17.6 Å². The van der Waals surface area contributed by atoms with Crippen molar-refractivity contribution < 1.29 is 27.1 Å². The first-order valence-electron chi connectivity index (χ1n) is 9.42. The predicted octanol–water partition coefficient (Wildman–Crippen LogP) is 4.10. The summed E-state index contributed by atoms with van der Waals surface area (Å²) in [5.41, 5.74) is 0.343. The molecule has 0 spiro atoms. The van der Waals surface area contributed by atoms with Gasteiger partial charge in [0.25, 0.3) is 15.9 Å². The zero-order chi connectivity index (χ0) is 23.1. The highest BCUT2D eigenvalue weighted by molar-refractivity contribution is 7.92. The number of halogens is 2. The highest BCUT2D eigenvalue weighted by Crippen LogP contribution is 2.29. The Balaban J connectivity index is 1.67. The first-order chi connectivity index (χ1) is 15.3. The Morgan fingerprint density at radius 3 is 2.50 bits per heavy atom. The number of carbonyl (C=O) groups is 1. The van der Waals surface area contributed by atoms with Gasteiger partial charge in [-0.15, -0.1) is 0 Å². The summed E-state index contributed by atoms with van der Waals surface area (Å²) in [4.78, 5) is 12.2. The molecule has 3 aromatic rings. The molecule has 1 amide bonds. The van der Waals surface area contributed by atoms with Gasteiger partial charge in [0.2, 0.25) is 0 Å². The summed E-state index contributed by atoms with van der Waals surface area (Å²) in [6.45, 7) is 0.297. The minimum absolute atomic E-state index is 0.0383. The number of ether oxygens (including phenoxy) is 2. The Kier molecular flexibility index (Phi) is 7.55. The molecule has 0 saturated heterocycles. The van der Waals surface area contributed by atoms with Crippen molar-refractivity contribution >= 4 is 33.2 Å². The summed E-state index contributed by atoms with van der Waals surface area (Å²) in [7, 11) is -2.67. The number of sulfonamides is 1. The van der Waals surface area contributed by atoms with E-state index in [1.54, 1.807) is 24.3 Å². The minimum Gasteiger partial charge on any atom is -0.495 e. The van der Waals surface area contributed by atoms with Crippen molar-refractivity contribution in [3.05, 3.63) is 83.1 Å². The molecule has 7 nitrogen and oxygen atoms in total. The highest BCUT2D eigenvalue weighted by Gasteiger charge is 2.21. The first kappa shape index (κ1) is 23.4. The van der Waals surface area contributed by atoms with Crippen LogP contribution in [0.1, 0.15) is 10.4 Å². The zero-order valence-corrected chi connectivity index (χ0v) is 18.5. The molecule has 0 atom stereocenters. The molecule has 0 bridgehead atoms. The SMILES string of the molecule is COc1ccccc1NS(=O)(=O)c1cc(C(=O)NCCOc2ccc(F)cc2)ccc1Cl. The van der Waals surface area contributed by atoms with Crippen LogP contribution in [0.3, 0.4) is 0 Å². The number of hydrogen-bond donors (Lipinski definition) is 2. The second-order valence-electron chi connectivity index (χ2n) is 6.51. The molecule has 168 valence electrons. The number of benzene rings is 3. The third-order valence-electron chi connectivity index (χ3n) is 4.30. The Labute approximate surface area is 190 Å². The van der Waals surface area contributed by atoms with E-state index in [2.05, 4.69) is 10.0 Å². The van der Waals surface area contributed by atoms with Crippen LogP contribution in [0.2, 0.25) is 5.02 Å². The summed E-state index contributed by atoms with van der Waals surface area (Å²) in [6, 6.07) is 15.9. The van der Waals surface area contributed by atoms with Crippen molar-refractivity contribution in [2.45, 2.75) is 4.90 Å². The number of rotatable bonds is 9. The van der Waals surface area contributed by atoms with Gasteiger partial charge in [-0.05, 0) is 54.6 Å². The van der Waals surface area contributed by atoms with Gasteiger partial charge in [0.1, 0.15) is 28.8 Å². The van der Waals surface area contributed by atoms with Crippen LogP contribution >= 0.6 is 11.6 Å². The van der Waals surface area contributed by atoms with Gasteiger partial charge in [-0.2, -0.15) is 0 Å². The Morgan fingerprint density at radius 1 is 1.06 bits per heavy atom. The van der Waals surface area contributed by atoms with E-state index < -0.39 is 15.9 Å². The monoisotopic (exact) mass is 478 g/mol. The van der Waals surface area contributed by atoms with Gasteiger partial charge in [-0.25, -0.2) is 12.8 Å². The van der Waals surface area contributed by atoms with Crippen molar-refractivity contribution in [2.75, 3.05) is 25.0 Å². The molecule has 0 aliphatic carbocycles. The van der Waals surface area contributed by atoms with Crippen LogP contribution in [0.15, 0.2) is 71.6 Å². The lowest BCUT2D eigenvalue weighted by molar-refractivity contribution is 0.0947. The minimum atomic E-state index is -4.09. The number of para-hydroxylation sites is 2. The Bertz CT molecular complexity index is 1200. The average molecular weight is 479 g/mol. The Hall–Kier alpha value is -3.30. The molecular weight excluding hydrogens is 459 g/mol. The van der Waals surface area contributed by atoms with Gasteiger partial charge in [0.05, 0.1) is 24.4 Å². The maximum atomic E-state index is 12.9. The number of hydrogen-bond acceptors (Lipinski definition) is 5. The van der Waals surface area contributed by atoms with Crippen molar-refractivity contribution in [2.24, 2.45) is 0 Å². The van der Waals surface area contributed by atoms with E-state index in [1.165, 1.54) is 49.6 Å². The van der Waals surface area contributed by atoms with Gasteiger partial charge in [-0.1, -0.05) is 23.7 Å². The fourth-order valence-electron chi connectivity index (χ4n) is 2.75. The van der Waals surface area contributed by atoms with Crippen LogP contribution in [-0.2, 0) is 10.0 Å². The van der Waals surface area contributed by atoms with Gasteiger partial charge >= 0.3 is 0 Å². The molecule has 0 aliphatic heterocycles. The summed E-state index contributed by atoms with van der Waals surface area (Å²) >= 11 is 6.10. The number of anilines is 1. The van der Waals surface area contributed by atoms with Crippen molar-refractivity contribution in [3.63, 3.8) is 0 Å². The fourth-order valence-corrected chi connectivity index (χ4v) is 4.34. The van der Waals surface area contributed by atoms with E-state index >= 15 is 0 Å². The lowest BCUT2D eigenvalue weighted by atomic mass is 10.2. The third kappa shape index (κ3) is 5.89. The van der Waals surface area contributed by atoms with Crippen LogP contribution in [0.25, 0.3) is 0 Å². The van der Waals surface area contributed by atoms with Crippen molar-refractivity contribution in [3.8, 4) is 11.5 Å². The molecule has 0 heterocycles. The van der Waals surface area contributed by atoms with E-state index in [-0.39, 0.29) is 40.1 Å². The van der Waals surface area contributed by atoms with Gasteiger partial charge < -0.3 is 14.8 Å². The molecule has 0 saturated carbocycles. The average Bonchev–Trinajstić information content (AvgIpc) is 2.78. The molecule has 32 heavy (non-hydrogen) atoms. The van der Waals surface area contributed by atoms with Crippen molar-refractivity contribution in [1.82, 2.24) is 5.32 Å². The molecule has 2 N–H and O–H groups in total. The molecule has 0 radical (unpaired) electrons. The maximum Gasteiger partial charge on any atom is 0.263 e. The van der Waals surface area contributed by atoms with Crippen LogP contribution in [0.5, 0.6) is 11.5 Å². The second kappa shape index (κ2) is 10.3. The predicted molar refractivity (Wildman–Crippen MR) is 119 cm³/mol. The van der Waals surface area contributed by atoms with Crippen LogP contribution in [0.4, 0.5) is 10.1 Å². The summed E-state index contributed by atoms with van der Waals surface area (Å²) in [6.07, 6.45) is 0. The molecular formula is C22H20ClFN2O5S. The smallest absolute Gasteiger partial charge is 0.263 e. The largest absolute Gasteiger partial charge is 0.495 e. The molecule has 3 rings (SSSR count). The molecule has 3 aromatic carbocycles. The maximum absolute atomic E-state index is 12.9. The summed E-state index contributed by atoms with van der Waals surface area (Å²) in [5.74, 6) is -0.0809. The molecule has 10 heteroatoms. The van der Waals surface area contributed by atoms with E-state index in [4.69, 9.17) is 21.1 Å². The fraction of sp³-hybridized carbons (Fsp3) is 0.136. The topological polar surface area (TPSA) is 93.7 Å². The van der Waals surface area contributed by atoms with Crippen molar-refractivity contribution in [1.29, 1.82) is 0 Å². The number of carbonyl (C=O) groups excluding carboxylic acids is 1. The molecule has 0 aliphatic rings. The van der Waals surface area contributed by atoms with Crippen LogP contribution in [-0.4, -0.2) is 34.6 Å². The quantitative estimate of drug-likeness (QED) is 0.452. The van der Waals surface area contributed by atoms with Crippen LogP contribution < -0.4 is 19.5 Å². The lowest BCUT2D eigenvalue weighted by Crippen LogP contribution is -2.28. The van der Waals surface area contributed by atoms with Gasteiger partial charge in [0, 0.05) is 5.56 Å². The molecule has 0 aromatic heterocycles. The highest BCUT2D eigenvalue weighted by atomic mass is 35.5. The summed E-state index contributed by atoms with van der Waals surface area (Å²) in [5, 5.41) is 2.59. The van der Waals surface area contributed by atoms with E-state index in [1.807, 2.05) is 0 Å². The number of amides is 1. The van der Waals surface area contributed by atoms with Crippen LogP contribution in [0, 0.1) is 5.82 Å². The first-order valence-corrected chi connectivity index (χ1v) is 11.3. The normalized spacial score (nSPS) is 11.0. The number of methoxy groups -OCH3 is 1. The molecule has 0 unspecified atom stereocenters. The number of nitrogens with one attached hydrogen (secondary N) is 2.